The summed E-state index contributed by atoms with van der Waals surface area (Å²) in [7, 11) is 0. The van der Waals surface area contributed by atoms with E-state index >= 15 is 0 Å². The minimum atomic E-state index is -0.993. The van der Waals surface area contributed by atoms with E-state index < -0.39 is 23.6 Å². The van der Waals surface area contributed by atoms with Crippen molar-refractivity contribution in [2.24, 2.45) is 0 Å². The van der Waals surface area contributed by atoms with Crippen molar-refractivity contribution in [2.75, 3.05) is 6.54 Å². The van der Waals surface area contributed by atoms with Crippen molar-refractivity contribution in [1.29, 1.82) is 0 Å². The number of hydrogen-bond acceptors (Lipinski definition) is 4. The fourth-order valence-corrected chi connectivity index (χ4v) is 2.96. The first-order valence-electron chi connectivity index (χ1n) is 6.99. The Bertz CT molecular complexity index is 536. The van der Waals surface area contributed by atoms with Crippen LogP contribution in [0, 0.1) is 0 Å². The molecule has 0 unspecified atom stereocenters. The first-order chi connectivity index (χ1) is 10.0. The first-order valence-corrected chi connectivity index (χ1v) is 8.18. The number of amides is 1. The average molecular weight is 348 g/mol. The number of ether oxygens (including phenoxy) is 1. The van der Waals surface area contributed by atoms with Crippen molar-refractivity contribution in [3.63, 3.8) is 0 Å². The van der Waals surface area contributed by atoms with Gasteiger partial charge in [-0.15, -0.1) is 11.3 Å². The minimum absolute atomic E-state index is 0.0404. The zero-order chi connectivity index (χ0) is 17.1. The maximum absolute atomic E-state index is 12.3. The fraction of sp³-hybridized carbons (Fsp3) is 0.600. The Morgan fingerprint density at radius 2 is 1.95 bits per heavy atom. The highest BCUT2D eigenvalue weighted by molar-refractivity contribution is 7.16. The third kappa shape index (κ3) is 5.50. The number of thiophene rings is 1. The van der Waals surface area contributed by atoms with Gasteiger partial charge in [-0.3, -0.25) is 4.79 Å². The molecule has 124 valence electrons. The van der Waals surface area contributed by atoms with E-state index in [4.69, 9.17) is 16.3 Å². The van der Waals surface area contributed by atoms with Crippen molar-refractivity contribution >= 4 is 35.0 Å². The van der Waals surface area contributed by atoms with Gasteiger partial charge in [-0.05, 0) is 46.8 Å². The lowest BCUT2D eigenvalue weighted by molar-refractivity contribution is -0.139. The highest BCUT2D eigenvalue weighted by Crippen LogP contribution is 2.30. The lowest BCUT2D eigenvalue weighted by Gasteiger charge is -2.31. The molecule has 22 heavy (non-hydrogen) atoms. The van der Waals surface area contributed by atoms with Crippen LogP contribution in [-0.4, -0.2) is 40.3 Å². The van der Waals surface area contributed by atoms with Crippen LogP contribution in [0.5, 0.6) is 0 Å². The molecule has 0 saturated carbocycles. The Hall–Kier alpha value is -1.27. The van der Waals surface area contributed by atoms with Gasteiger partial charge in [0, 0.05) is 17.5 Å². The molecule has 1 atom stereocenters. The summed E-state index contributed by atoms with van der Waals surface area (Å²) in [5.41, 5.74) is -0.630. The SMILES string of the molecule is CC(C)N(C[C@@H](C(=O)O)c1ccc(Cl)s1)C(=O)OC(C)(C)C. The molecule has 0 aliphatic heterocycles. The third-order valence-electron chi connectivity index (χ3n) is 2.87. The normalized spacial score (nSPS) is 13.0. The minimum Gasteiger partial charge on any atom is -0.481 e. The summed E-state index contributed by atoms with van der Waals surface area (Å²) in [4.78, 5) is 25.9. The van der Waals surface area contributed by atoms with Crippen molar-refractivity contribution < 1.29 is 19.4 Å². The summed E-state index contributed by atoms with van der Waals surface area (Å²) >= 11 is 7.09. The highest BCUT2D eigenvalue weighted by Gasteiger charge is 2.31. The van der Waals surface area contributed by atoms with Crippen molar-refractivity contribution in [3.05, 3.63) is 21.3 Å². The molecule has 0 radical (unpaired) electrons. The van der Waals surface area contributed by atoms with E-state index in [1.165, 1.54) is 16.2 Å². The van der Waals surface area contributed by atoms with Crippen molar-refractivity contribution in [2.45, 2.75) is 52.2 Å². The summed E-state index contributed by atoms with van der Waals surface area (Å²) in [5, 5.41) is 9.47. The van der Waals surface area contributed by atoms with Gasteiger partial charge in [0.05, 0.1) is 4.34 Å². The molecule has 7 heteroatoms. The number of hydrogen-bond donors (Lipinski definition) is 1. The molecule has 0 fully saturated rings. The molecule has 0 spiro atoms. The van der Waals surface area contributed by atoms with Crippen LogP contribution in [0.4, 0.5) is 4.79 Å². The molecule has 1 aromatic heterocycles. The molecule has 1 N–H and O–H groups in total. The first kappa shape index (κ1) is 18.8. The van der Waals surface area contributed by atoms with E-state index in [0.717, 1.165) is 0 Å². The second kappa shape index (κ2) is 7.33. The topological polar surface area (TPSA) is 66.8 Å². The Morgan fingerprint density at radius 1 is 1.36 bits per heavy atom. The Kier molecular flexibility index (Phi) is 6.26. The predicted molar refractivity (Wildman–Crippen MR) is 87.8 cm³/mol. The Labute approximate surface area is 139 Å². The monoisotopic (exact) mass is 347 g/mol. The van der Waals surface area contributed by atoms with Crippen LogP contribution in [0.3, 0.4) is 0 Å². The molecular weight excluding hydrogens is 326 g/mol. The molecule has 1 rings (SSSR count). The van der Waals surface area contributed by atoms with Gasteiger partial charge in [-0.2, -0.15) is 0 Å². The number of nitrogens with zero attached hydrogens (tertiary/aromatic N) is 1. The van der Waals surface area contributed by atoms with E-state index in [9.17, 15) is 14.7 Å². The summed E-state index contributed by atoms with van der Waals surface area (Å²) in [5.74, 6) is -1.82. The largest absolute Gasteiger partial charge is 0.481 e. The number of halogens is 1. The summed E-state index contributed by atoms with van der Waals surface area (Å²) < 4.78 is 5.88. The van der Waals surface area contributed by atoms with Crippen LogP contribution in [0.2, 0.25) is 4.34 Å². The second-order valence-electron chi connectivity index (χ2n) is 6.26. The van der Waals surface area contributed by atoms with Crippen LogP contribution in [-0.2, 0) is 9.53 Å². The van der Waals surface area contributed by atoms with E-state index in [-0.39, 0.29) is 12.6 Å². The van der Waals surface area contributed by atoms with E-state index in [0.29, 0.717) is 9.21 Å². The maximum atomic E-state index is 12.3. The van der Waals surface area contributed by atoms with Gasteiger partial charge in [-0.1, -0.05) is 11.6 Å². The lowest BCUT2D eigenvalue weighted by Crippen LogP contribution is -2.44. The molecular formula is C15H22ClNO4S. The van der Waals surface area contributed by atoms with E-state index in [1.54, 1.807) is 32.9 Å². The number of carboxylic acids is 1. The Morgan fingerprint density at radius 3 is 2.32 bits per heavy atom. The van der Waals surface area contributed by atoms with Gasteiger partial charge in [0.2, 0.25) is 0 Å². The van der Waals surface area contributed by atoms with Crippen LogP contribution in [0.1, 0.15) is 45.4 Å². The quantitative estimate of drug-likeness (QED) is 0.866. The number of carbonyl (C=O) groups is 2. The second-order valence-corrected chi connectivity index (χ2v) is 8.01. The standard InChI is InChI=1S/C15H22ClNO4S/c1-9(2)17(14(20)21-15(3,4)5)8-10(13(18)19)11-6-7-12(16)22-11/h6-7,9-10H,8H2,1-5H3,(H,18,19)/t10-/m1/s1. The molecule has 0 bridgehead atoms. The smallest absolute Gasteiger partial charge is 0.410 e. The number of rotatable bonds is 5. The van der Waals surface area contributed by atoms with Crippen LogP contribution >= 0.6 is 22.9 Å². The van der Waals surface area contributed by atoms with E-state index in [1.807, 2.05) is 13.8 Å². The number of carboxylic acid groups (broad SMARTS) is 1. The lowest BCUT2D eigenvalue weighted by atomic mass is 10.1. The number of aliphatic carboxylic acids is 1. The molecule has 0 aromatic carbocycles. The van der Waals surface area contributed by atoms with Gasteiger partial charge in [0.1, 0.15) is 11.5 Å². The zero-order valence-electron chi connectivity index (χ0n) is 13.4. The maximum Gasteiger partial charge on any atom is 0.410 e. The van der Waals surface area contributed by atoms with Crippen LogP contribution < -0.4 is 0 Å². The zero-order valence-corrected chi connectivity index (χ0v) is 15.0. The Balaban J connectivity index is 2.96. The van der Waals surface area contributed by atoms with Crippen LogP contribution in [0.25, 0.3) is 0 Å². The van der Waals surface area contributed by atoms with Crippen LogP contribution in [0.15, 0.2) is 12.1 Å². The fourth-order valence-electron chi connectivity index (χ4n) is 1.82. The highest BCUT2D eigenvalue weighted by atomic mass is 35.5. The van der Waals surface area contributed by atoms with Crippen molar-refractivity contribution in [3.8, 4) is 0 Å². The molecule has 1 amide bonds. The molecule has 1 aromatic rings. The van der Waals surface area contributed by atoms with Gasteiger partial charge in [-0.25, -0.2) is 4.79 Å². The molecule has 0 saturated heterocycles. The molecule has 1 heterocycles. The van der Waals surface area contributed by atoms with Gasteiger partial charge in [0.15, 0.2) is 0 Å². The predicted octanol–water partition coefficient (Wildman–Crippen LogP) is 4.22. The number of carbonyl (C=O) groups excluding carboxylic acids is 1. The van der Waals surface area contributed by atoms with Gasteiger partial charge >= 0.3 is 12.1 Å². The molecule has 0 aliphatic carbocycles. The van der Waals surface area contributed by atoms with Gasteiger partial charge < -0.3 is 14.7 Å². The molecule has 5 nitrogen and oxygen atoms in total. The van der Waals surface area contributed by atoms with E-state index in [2.05, 4.69) is 0 Å². The van der Waals surface area contributed by atoms with Crippen molar-refractivity contribution in [1.82, 2.24) is 4.90 Å². The third-order valence-corrected chi connectivity index (χ3v) is 4.21. The van der Waals surface area contributed by atoms with Gasteiger partial charge in [0.25, 0.3) is 0 Å². The summed E-state index contributed by atoms with van der Waals surface area (Å²) in [6.45, 7) is 9.01. The summed E-state index contributed by atoms with van der Waals surface area (Å²) in [6.07, 6.45) is -0.517. The molecule has 0 aliphatic rings. The average Bonchev–Trinajstić information content (AvgIpc) is 2.72. The summed E-state index contributed by atoms with van der Waals surface area (Å²) in [6, 6.07) is 3.16.